The van der Waals surface area contributed by atoms with E-state index in [0.29, 0.717) is 19.3 Å². The molecule has 2 N–H and O–H groups in total. The Morgan fingerprint density at radius 2 is 0.676 bits per heavy atom. The predicted octanol–water partition coefficient (Wildman–Crippen LogP) is 16.5. The summed E-state index contributed by atoms with van der Waals surface area (Å²) >= 11 is 0. The monoisotopic (exact) mass is 987 g/mol. The minimum Gasteiger partial charge on any atom is -0.462 e. The van der Waals surface area contributed by atoms with Crippen LogP contribution < -0.4 is 0 Å². The van der Waals surface area contributed by atoms with Crippen molar-refractivity contribution in [1.29, 1.82) is 0 Å². The number of phosphoric ester groups is 1. The lowest BCUT2D eigenvalue weighted by Crippen LogP contribution is -2.30. The quantitative estimate of drug-likeness (QED) is 0.0197. The standard InChI is InChI=1S/C56H107O11P/c1-4-7-10-13-16-19-22-25-26-29-32-35-38-41-44-47-56(60)67-53(49-63-54(58)45-42-39-36-33-30-27-23-20-17-14-11-8-5-2)51-65-68(61,62)64-50-52(48-57)66-55(59)46-43-40-37-34-31-28-24-21-18-15-12-9-6-3/h21,24,52-53,57H,4-20,22-23,25-51H2,1-3H3,(H,61,62)/b24-21-. The van der Waals surface area contributed by atoms with E-state index in [1.807, 2.05) is 0 Å². The van der Waals surface area contributed by atoms with Gasteiger partial charge < -0.3 is 24.2 Å². The van der Waals surface area contributed by atoms with E-state index < -0.39 is 57.8 Å². The third-order valence-electron chi connectivity index (χ3n) is 12.7. The molecule has 0 bridgehead atoms. The van der Waals surface area contributed by atoms with Gasteiger partial charge in [-0.2, -0.15) is 0 Å². The lowest BCUT2D eigenvalue weighted by molar-refractivity contribution is -0.161. The maximum Gasteiger partial charge on any atom is 0.472 e. The van der Waals surface area contributed by atoms with Gasteiger partial charge in [0.2, 0.25) is 0 Å². The van der Waals surface area contributed by atoms with E-state index in [1.165, 1.54) is 154 Å². The van der Waals surface area contributed by atoms with Crippen LogP contribution in [0, 0.1) is 0 Å². The molecule has 0 fully saturated rings. The number of phosphoric acid groups is 1. The molecule has 68 heavy (non-hydrogen) atoms. The Morgan fingerprint density at radius 3 is 1.03 bits per heavy atom. The molecule has 3 atom stereocenters. The molecule has 0 aromatic rings. The average Bonchev–Trinajstić information content (AvgIpc) is 3.32. The van der Waals surface area contributed by atoms with Gasteiger partial charge in [-0.05, 0) is 44.9 Å². The zero-order valence-corrected chi connectivity index (χ0v) is 45.2. The SMILES string of the molecule is CCCCCC/C=C\CCCCCCCC(=O)OC(CO)COP(=O)(O)OCC(COC(=O)CCCCCCCCCCCCCCC)OC(=O)CCCCCCCCCCCCCCCCC. The van der Waals surface area contributed by atoms with Gasteiger partial charge in [-0.15, -0.1) is 0 Å². The second-order valence-corrected chi connectivity index (χ2v) is 20.9. The van der Waals surface area contributed by atoms with Gasteiger partial charge in [0.05, 0.1) is 19.8 Å². The topological polar surface area (TPSA) is 155 Å². The van der Waals surface area contributed by atoms with Crippen LogP contribution in [0.15, 0.2) is 12.2 Å². The Balaban J connectivity index is 4.68. The molecule has 0 aliphatic carbocycles. The smallest absolute Gasteiger partial charge is 0.462 e. The molecule has 0 spiro atoms. The van der Waals surface area contributed by atoms with Crippen molar-refractivity contribution in [3.63, 3.8) is 0 Å². The Hall–Kier alpha value is -1.78. The summed E-state index contributed by atoms with van der Waals surface area (Å²) < 4.78 is 39.5. The first-order valence-electron chi connectivity index (χ1n) is 28.6. The van der Waals surface area contributed by atoms with Gasteiger partial charge in [0, 0.05) is 19.3 Å². The van der Waals surface area contributed by atoms with Crippen LogP contribution in [0.3, 0.4) is 0 Å². The molecule has 0 aromatic carbocycles. The lowest BCUT2D eigenvalue weighted by atomic mass is 10.0. The maximum absolute atomic E-state index is 12.9. The van der Waals surface area contributed by atoms with E-state index >= 15 is 0 Å². The van der Waals surface area contributed by atoms with Crippen molar-refractivity contribution >= 4 is 25.7 Å². The van der Waals surface area contributed by atoms with E-state index in [0.717, 1.165) is 77.0 Å². The minimum atomic E-state index is -4.74. The van der Waals surface area contributed by atoms with Crippen molar-refractivity contribution in [2.24, 2.45) is 0 Å². The minimum absolute atomic E-state index is 0.173. The van der Waals surface area contributed by atoms with Crippen molar-refractivity contribution in [2.45, 2.75) is 303 Å². The normalized spacial score (nSPS) is 13.4. The first kappa shape index (κ1) is 66.2. The van der Waals surface area contributed by atoms with Crippen LogP contribution in [-0.2, 0) is 42.2 Å². The zero-order valence-electron chi connectivity index (χ0n) is 44.4. The Morgan fingerprint density at radius 1 is 0.397 bits per heavy atom. The fourth-order valence-corrected chi connectivity index (χ4v) is 9.08. The third-order valence-corrected chi connectivity index (χ3v) is 13.6. The third kappa shape index (κ3) is 49.2. The highest BCUT2D eigenvalue weighted by molar-refractivity contribution is 7.47. The second kappa shape index (κ2) is 51.6. The number of allylic oxidation sites excluding steroid dienone is 2. The molecule has 402 valence electrons. The van der Waals surface area contributed by atoms with E-state index in [4.69, 9.17) is 23.3 Å². The Bertz CT molecular complexity index is 1200. The number of hydrogen-bond acceptors (Lipinski definition) is 10. The summed E-state index contributed by atoms with van der Waals surface area (Å²) in [6.45, 7) is 4.67. The molecular weight excluding hydrogens is 880 g/mol. The number of rotatable bonds is 54. The molecule has 0 radical (unpaired) electrons. The van der Waals surface area contributed by atoms with E-state index in [2.05, 4.69) is 32.9 Å². The van der Waals surface area contributed by atoms with Crippen molar-refractivity contribution in [2.75, 3.05) is 26.4 Å². The van der Waals surface area contributed by atoms with Crippen molar-refractivity contribution in [3.8, 4) is 0 Å². The van der Waals surface area contributed by atoms with Gasteiger partial charge in [0.15, 0.2) is 6.10 Å². The van der Waals surface area contributed by atoms with Crippen LogP contribution in [0.1, 0.15) is 290 Å². The highest BCUT2D eigenvalue weighted by Crippen LogP contribution is 2.43. The van der Waals surface area contributed by atoms with E-state index in [-0.39, 0.29) is 25.9 Å². The van der Waals surface area contributed by atoms with Gasteiger partial charge in [0.1, 0.15) is 12.7 Å². The van der Waals surface area contributed by atoms with Gasteiger partial charge in [0.25, 0.3) is 0 Å². The fraction of sp³-hybridized carbons (Fsp3) is 0.911. The molecule has 11 nitrogen and oxygen atoms in total. The molecule has 12 heteroatoms. The van der Waals surface area contributed by atoms with E-state index in [1.54, 1.807) is 0 Å². The molecule has 3 unspecified atom stereocenters. The Labute approximate surface area is 417 Å². The van der Waals surface area contributed by atoms with Crippen LogP contribution in [-0.4, -0.2) is 66.5 Å². The summed E-state index contributed by atoms with van der Waals surface area (Å²) in [7, 11) is -4.74. The van der Waals surface area contributed by atoms with Crippen LogP contribution in [0.25, 0.3) is 0 Å². The lowest BCUT2D eigenvalue weighted by Gasteiger charge is -2.21. The average molecular weight is 987 g/mol. The molecule has 0 aliphatic rings. The van der Waals surface area contributed by atoms with Crippen LogP contribution in [0.4, 0.5) is 0 Å². The van der Waals surface area contributed by atoms with Gasteiger partial charge in [-0.1, -0.05) is 238 Å². The zero-order chi connectivity index (χ0) is 49.9. The summed E-state index contributed by atoms with van der Waals surface area (Å²) in [6, 6.07) is 0. The highest BCUT2D eigenvalue weighted by atomic mass is 31.2. The van der Waals surface area contributed by atoms with Crippen molar-refractivity contribution < 1.29 is 52.2 Å². The highest BCUT2D eigenvalue weighted by Gasteiger charge is 2.28. The molecule has 0 aromatic heterocycles. The number of carbonyl (C=O) groups is 3. The predicted molar refractivity (Wildman–Crippen MR) is 280 cm³/mol. The van der Waals surface area contributed by atoms with Gasteiger partial charge in [-0.3, -0.25) is 23.4 Å². The van der Waals surface area contributed by atoms with Crippen LogP contribution >= 0.6 is 7.82 Å². The number of ether oxygens (including phenoxy) is 3. The number of esters is 3. The molecular formula is C56H107O11P. The first-order chi connectivity index (χ1) is 33.2. The summed E-state index contributed by atoms with van der Waals surface area (Å²) in [5.41, 5.74) is 0. The molecule has 0 saturated heterocycles. The van der Waals surface area contributed by atoms with Gasteiger partial charge in [-0.25, -0.2) is 4.57 Å². The van der Waals surface area contributed by atoms with Crippen LogP contribution in [0.2, 0.25) is 0 Å². The summed E-state index contributed by atoms with van der Waals surface area (Å²) in [4.78, 5) is 48.4. The molecule has 0 rings (SSSR count). The Kier molecular flexibility index (Phi) is 50.2. The fourth-order valence-electron chi connectivity index (χ4n) is 8.29. The number of aliphatic hydroxyl groups is 1. The van der Waals surface area contributed by atoms with Crippen molar-refractivity contribution in [3.05, 3.63) is 12.2 Å². The summed E-state index contributed by atoms with van der Waals surface area (Å²) in [5, 5.41) is 9.79. The number of unbranched alkanes of at least 4 members (excludes halogenated alkanes) is 35. The van der Waals surface area contributed by atoms with Crippen LogP contribution in [0.5, 0.6) is 0 Å². The van der Waals surface area contributed by atoms with Gasteiger partial charge >= 0.3 is 25.7 Å². The first-order valence-corrected chi connectivity index (χ1v) is 30.1. The van der Waals surface area contributed by atoms with Crippen molar-refractivity contribution in [1.82, 2.24) is 0 Å². The summed E-state index contributed by atoms with van der Waals surface area (Å²) in [6.07, 6.45) is 48.8. The summed E-state index contributed by atoms with van der Waals surface area (Å²) in [5.74, 6) is -1.44. The largest absolute Gasteiger partial charge is 0.472 e. The molecule has 0 heterocycles. The molecule has 0 aliphatic heterocycles. The maximum atomic E-state index is 12.9. The number of hydrogen-bond donors (Lipinski definition) is 2. The second-order valence-electron chi connectivity index (χ2n) is 19.5. The molecule has 0 amide bonds. The number of aliphatic hydroxyl groups excluding tert-OH is 1. The number of carbonyl (C=O) groups excluding carboxylic acids is 3. The molecule has 0 saturated carbocycles. The van der Waals surface area contributed by atoms with E-state index in [9.17, 15) is 28.9 Å².